The molecule has 1 heterocycles. The highest BCUT2D eigenvalue weighted by atomic mass is 16.5. The summed E-state index contributed by atoms with van der Waals surface area (Å²) in [6, 6.07) is 13.5. The average Bonchev–Trinajstić information content (AvgIpc) is 2.95. The van der Waals surface area contributed by atoms with Crippen molar-refractivity contribution in [1.29, 1.82) is 5.26 Å². The molecule has 0 saturated carbocycles. The maximum Gasteiger partial charge on any atom is 0.292 e. The number of carbonyl (C=O) groups excluding carboxylic acids is 3. The van der Waals surface area contributed by atoms with Gasteiger partial charge in [0.05, 0.1) is 18.7 Å². The van der Waals surface area contributed by atoms with Crippen LogP contribution in [0.15, 0.2) is 48.5 Å². The Hall–Kier alpha value is -3.66. The molecule has 1 amide bonds. The van der Waals surface area contributed by atoms with Crippen LogP contribution in [0.1, 0.15) is 28.9 Å². The molecule has 28 heavy (non-hydrogen) atoms. The predicted octanol–water partition coefficient (Wildman–Crippen LogP) is 2.27. The number of amides is 1. The monoisotopic (exact) mass is 378 g/mol. The van der Waals surface area contributed by atoms with E-state index < -0.39 is 29.4 Å². The van der Waals surface area contributed by atoms with Crippen LogP contribution in [0.3, 0.4) is 0 Å². The highest BCUT2D eigenvalue weighted by Gasteiger charge is 2.51. The molecule has 0 radical (unpaired) electrons. The first-order chi connectivity index (χ1) is 13.5. The minimum absolute atomic E-state index is 0.0981. The Bertz CT molecular complexity index is 965. The summed E-state index contributed by atoms with van der Waals surface area (Å²) in [6.07, 6.45) is 0. The molecule has 1 N–H and O–H groups in total. The fraction of sp³-hybridized carbons (Fsp3) is 0.238. The van der Waals surface area contributed by atoms with Crippen molar-refractivity contribution in [3.05, 3.63) is 59.7 Å². The standard InChI is InChI=1S/C21H18N2O5/c1-2-28-16-12-14(8-9-15(16)24)18-17(19(25)13-6-4-3-5-7-13)20(26)21(27)23(18)11-10-22/h3-9,12,17-18,24H,2,11H2,1H3. The number of phenols is 1. The van der Waals surface area contributed by atoms with Gasteiger partial charge in [-0.15, -0.1) is 0 Å². The topological polar surface area (TPSA) is 108 Å². The average molecular weight is 378 g/mol. The summed E-state index contributed by atoms with van der Waals surface area (Å²) in [5.74, 6) is -3.40. The molecule has 3 rings (SSSR count). The third-order valence-electron chi connectivity index (χ3n) is 4.61. The minimum Gasteiger partial charge on any atom is -0.504 e. The zero-order valence-corrected chi connectivity index (χ0v) is 15.2. The molecule has 2 aromatic carbocycles. The number of aromatic hydroxyl groups is 1. The van der Waals surface area contributed by atoms with Crippen LogP contribution in [0.4, 0.5) is 0 Å². The van der Waals surface area contributed by atoms with Crippen LogP contribution in [-0.4, -0.2) is 40.6 Å². The van der Waals surface area contributed by atoms with Gasteiger partial charge in [0.1, 0.15) is 12.5 Å². The number of rotatable bonds is 6. The van der Waals surface area contributed by atoms with E-state index in [-0.39, 0.29) is 18.0 Å². The number of ketones is 2. The lowest BCUT2D eigenvalue weighted by Gasteiger charge is -2.25. The van der Waals surface area contributed by atoms with E-state index in [1.165, 1.54) is 18.2 Å². The number of phenolic OH excluding ortho intramolecular Hbond substituents is 1. The Morgan fingerprint density at radius 2 is 1.93 bits per heavy atom. The van der Waals surface area contributed by atoms with Gasteiger partial charge < -0.3 is 14.7 Å². The van der Waals surface area contributed by atoms with Crippen LogP contribution in [0.25, 0.3) is 0 Å². The summed E-state index contributed by atoms with van der Waals surface area (Å²) >= 11 is 0. The van der Waals surface area contributed by atoms with Gasteiger partial charge in [0.2, 0.25) is 5.78 Å². The van der Waals surface area contributed by atoms with Crippen molar-refractivity contribution in [2.75, 3.05) is 13.2 Å². The lowest BCUT2D eigenvalue weighted by atomic mass is 9.86. The predicted molar refractivity (Wildman–Crippen MR) is 98.6 cm³/mol. The molecule has 0 aromatic heterocycles. The Morgan fingerprint density at radius 3 is 2.57 bits per heavy atom. The zero-order chi connectivity index (χ0) is 20.3. The van der Waals surface area contributed by atoms with Crippen molar-refractivity contribution in [1.82, 2.24) is 4.90 Å². The first-order valence-electron chi connectivity index (χ1n) is 8.76. The molecule has 0 spiro atoms. The molecule has 142 valence electrons. The van der Waals surface area contributed by atoms with Crippen molar-refractivity contribution >= 4 is 17.5 Å². The van der Waals surface area contributed by atoms with Gasteiger partial charge in [0, 0.05) is 5.56 Å². The van der Waals surface area contributed by atoms with E-state index in [0.29, 0.717) is 17.7 Å². The number of nitrogens with zero attached hydrogens (tertiary/aromatic N) is 2. The van der Waals surface area contributed by atoms with E-state index in [9.17, 15) is 19.5 Å². The normalized spacial score (nSPS) is 18.8. The van der Waals surface area contributed by atoms with E-state index in [1.807, 2.05) is 6.07 Å². The van der Waals surface area contributed by atoms with E-state index in [2.05, 4.69) is 0 Å². The molecule has 7 nitrogen and oxygen atoms in total. The third-order valence-corrected chi connectivity index (χ3v) is 4.61. The SMILES string of the molecule is CCOc1cc(C2C(C(=O)c3ccccc3)C(=O)C(=O)N2CC#N)ccc1O. The lowest BCUT2D eigenvalue weighted by molar-refractivity contribution is -0.140. The Balaban J connectivity index is 2.11. The van der Waals surface area contributed by atoms with Gasteiger partial charge in [-0.05, 0) is 24.6 Å². The molecule has 2 unspecified atom stereocenters. The smallest absolute Gasteiger partial charge is 0.292 e. The van der Waals surface area contributed by atoms with Gasteiger partial charge in [-0.1, -0.05) is 36.4 Å². The molecule has 0 bridgehead atoms. The Kier molecular flexibility index (Phi) is 5.41. The van der Waals surface area contributed by atoms with E-state index >= 15 is 0 Å². The minimum atomic E-state index is -1.28. The third kappa shape index (κ3) is 3.32. The van der Waals surface area contributed by atoms with E-state index in [4.69, 9.17) is 10.00 Å². The highest BCUT2D eigenvalue weighted by molar-refractivity contribution is 6.44. The van der Waals surface area contributed by atoms with Crippen LogP contribution in [0.5, 0.6) is 11.5 Å². The maximum atomic E-state index is 13.1. The first kappa shape index (κ1) is 19.1. The summed E-state index contributed by atoms with van der Waals surface area (Å²) in [5.41, 5.74) is 0.742. The number of nitriles is 1. The van der Waals surface area contributed by atoms with Crippen molar-refractivity contribution in [2.45, 2.75) is 13.0 Å². The first-order valence-corrected chi connectivity index (χ1v) is 8.76. The van der Waals surface area contributed by atoms with Crippen molar-refractivity contribution in [3.8, 4) is 17.6 Å². The molecule has 2 aromatic rings. The van der Waals surface area contributed by atoms with Gasteiger partial charge >= 0.3 is 0 Å². The van der Waals surface area contributed by atoms with Gasteiger partial charge in [-0.2, -0.15) is 5.26 Å². The van der Waals surface area contributed by atoms with Crippen LogP contribution in [-0.2, 0) is 9.59 Å². The number of hydrogen-bond acceptors (Lipinski definition) is 6. The molecular formula is C21H18N2O5. The number of ether oxygens (including phenoxy) is 1. The van der Waals surface area contributed by atoms with Crippen LogP contribution in [0.2, 0.25) is 0 Å². The molecule has 1 fully saturated rings. The molecule has 1 aliphatic rings. The van der Waals surface area contributed by atoms with Crippen LogP contribution < -0.4 is 4.74 Å². The maximum absolute atomic E-state index is 13.1. The molecule has 2 atom stereocenters. The van der Waals surface area contributed by atoms with Crippen molar-refractivity contribution in [3.63, 3.8) is 0 Å². The summed E-state index contributed by atoms with van der Waals surface area (Å²) in [5, 5.41) is 19.1. The molecule has 0 aliphatic carbocycles. The quantitative estimate of drug-likeness (QED) is 0.358. The van der Waals surface area contributed by atoms with E-state index in [0.717, 1.165) is 4.90 Å². The zero-order valence-electron chi connectivity index (χ0n) is 15.2. The second-order valence-electron chi connectivity index (χ2n) is 6.27. The van der Waals surface area contributed by atoms with Crippen LogP contribution in [0, 0.1) is 17.2 Å². The summed E-state index contributed by atoms with van der Waals surface area (Å²) in [7, 11) is 0. The number of hydrogen-bond donors (Lipinski definition) is 1. The fourth-order valence-corrected chi connectivity index (χ4v) is 3.37. The number of Topliss-reactive ketones (excluding diaryl/α,β-unsaturated/α-hetero) is 2. The lowest BCUT2D eigenvalue weighted by Crippen LogP contribution is -2.31. The highest BCUT2D eigenvalue weighted by Crippen LogP contribution is 2.40. The van der Waals surface area contributed by atoms with Gasteiger partial charge in [-0.25, -0.2) is 0 Å². The van der Waals surface area contributed by atoms with Gasteiger partial charge in [-0.3, -0.25) is 14.4 Å². The van der Waals surface area contributed by atoms with Gasteiger partial charge in [0.15, 0.2) is 17.3 Å². The molecule has 7 heteroatoms. The summed E-state index contributed by atoms with van der Waals surface area (Å²) in [4.78, 5) is 39.3. The van der Waals surface area contributed by atoms with Crippen LogP contribution >= 0.6 is 0 Å². The second kappa shape index (κ2) is 7.92. The van der Waals surface area contributed by atoms with Gasteiger partial charge in [0.25, 0.3) is 5.91 Å². The number of carbonyl (C=O) groups is 3. The number of benzene rings is 2. The molecule has 1 aliphatic heterocycles. The summed E-state index contributed by atoms with van der Waals surface area (Å²) < 4.78 is 5.38. The van der Waals surface area contributed by atoms with E-state index in [1.54, 1.807) is 37.3 Å². The Labute approximate surface area is 161 Å². The van der Waals surface area contributed by atoms with Crippen molar-refractivity contribution in [2.24, 2.45) is 5.92 Å². The molecule has 1 saturated heterocycles. The number of likely N-dealkylation sites (tertiary alicyclic amines) is 1. The molecular weight excluding hydrogens is 360 g/mol. The largest absolute Gasteiger partial charge is 0.504 e. The Morgan fingerprint density at radius 1 is 1.21 bits per heavy atom. The second-order valence-corrected chi connectivity index (χ2v) is 6.27. The van der Waals surface area contributed by atoms with Crippen molar-refractivity contribution < 1.29 is 24.2 Å². The fourth-order valence-electron chi connectivity index (χ4n) is 3.37. The summed E-state index contributed by atoms with van der Waals surface area (Å²) in [6.45, 7) is 1.71.